The number of nitrogens with zero attached hydrogens (tertiary/aromatic N) is 4. The lowest BCUT2D eigenvalue weighted by molar-refractivity contribution is -0.137. The number of likely N-dealkylation sites (N-methyl/N-ethyl adjacent to an activating group) is 1. The maximum atomic E-state index is 13.5. The fourth-order valence-electron chi connectivity index (χ4n) is 2.87. The van der Waals surface area contributed by atoms with Gasteiger partial charge >= 0.3 is 17.3 Å². The van der Waals surface area contributed by atoms with Crippen LogP contribution in [-0.4, -0.2) is 47.6 Å². The second kappa shape index (κ2) is 7.31. The number of hydroxylamine groups is 2. The van der Waals surface area contributed by atoms with Crippen LogP contribution in [0.15, 0.2) is 24.3 Å². The zero-order valence-corrected chi connectivity index (χ0v) is 17.2. The lowest BCUT2D eigenvalue weighted by Crippen LogP contribution is -2.50. The first-order chi connectivity index (χ1) is 13.3. The molecule has 11 heteroatoms. The molecule has 0 N–H and O–H groups in total. The van der Waals surface area contributed by atoms with Crippen LogP contribution in [-0.2, 0) is 16.3 Å². The van der Waals surface area contributed by atoms with Gasteiger partial charge in [-0.3, -0.25) is 4.65 Å². The number of benzene rings is 1. The molecule has 3 rings (SSSR count). The number of esters is 1. The molecule has 2 aromatic rings. The van der Waals surface area contributed by atoms with Crippen molar-refractivity contribution in [3.8, 4) is 0 Å². The molecule has 1 aliphatic heterocycles. The monoisotopic (exact) mass is 430 g/mol. The summed E-state index contributed by atoms with van der Waals surface area (Å²) in [4.78, 5) is 14.2. The molecule has 1 aromatic heterocycles. The molecule has 1 aromatic carbocycles. The SMILES string of the molecule is CN1CC(OC(=O)c2ccc(C(F)(F)F)cc2)[N+]([O-])(c2nnc(C(C)(C)C)s2)C1. The molecule has 2 atom stereocenters. The summed E-state index contributed by atoms with van der Waals surface area (Å²) in [6.45, 7) is 6.03. The Bertz CT molecular complexity index is 895. The molecule has 1 saturated heterocycles. The maximum Gasteiger partial charge on any atom is 0.416 e. The Morgan fingerprint density at radius 2 is 1.86 bits per heavy atom. The molecule has 0 saturated carbocycles. The van der Waals surface area contributed by atoms with E-state index in [0.717, 1.165) is 35.6 Å². The van der Waals surface area contributed by atoms with Crippen molar-refractivity contribution < 1.29 is 22.7 Å². The first kappa shape index (κ1) is 21.6. The van der Waals surface area contributed by atoms with Crippen LogP contribution in [0.5, 0.6) is 0 Å². The molecule has 0 aliphatic carbocycles. The van der Waals surface area contributed by atoms with Crippen molar-refractivity contribution in [2.45, 2.75) is 38.6 Å². The zero-order chi connectivity index (χ0) is 21.6. The smallest absolute Gasteiger partial charge is 0.416 e. The molecule has 0 amide bonds. The third-order valence-electron chi connectivity index (χ3n) is 4.46. The van der Waals surface area contributed by atoms with Crippen molar-refractivity contribution in [1.82, 2.24) is 19.7 Å². The predicted molar refractivity (Wildman–Crippen MR) is 102 cm³/mol. The first-order valence-corrected chi connectivity index (χ1v) is 9.62. The largest absolute Gasteiger partial charge is 0.622 e. The van der Waals surface area contributed by atoms with Crippen LogP contribution in [0.1, 0.15) is 41.7 Å². The molecule has 158 valence electrons. The Morgan fingerprint density at radius 3 is 2.38 bits per heavy atom. The summed E-state index contributed by atoms with van der Waals surface area (Å²) in [6, 6.07) is 3.67. The van der Waals surface area contributed by atoms with Crippen molar-refractivity contribution in [3.63, 3.8) is 0 Å². The highest BCUT2D eigenvalue weighted by Crippen LogP contribution is 2.37. The maximum absolute atomic E-state index is 13.5. The Hall–Kier alpha value is -2.08. The highest BCUT2D eigenvalue weighted by atomic mass is 32.1. The number of ether oxygens (including phenoxy) is 1. The van der Waals surface area contributed by atoms with E-state index in [2.05, 4.69) is 10.2 Å². The number of quaternary nitrogens is 1. The van der Waals surface area contributed by atoms with Crippen LogP contribution in [0.2, 0.25) is 0 Å². The topological polar surface area (TPSA) is 78.4 Å². The lowest BCUT2D eigenvalue weighted by Gasteiger charge is -2.38. The van der Waals surface area contributed by atoms with Crippen molar-refractivity contribution >= 4 is 22.4 Å². The molecule has 0 spiro atoms. The molecule has 29 heavy (non-hydrogen) atoms. The Balaban J connectivity index is 1.81. The van der Waals surface area contributed by atoms with Crippen molar-refractivity contribution in [2.24, 2.45) is 0 Å². The van der Waals surface area contributed by atoms with E-state index in [-0.39, 0.29) is 29.3 Å². The molecule has 7 nitrogen and oxygen atoms in total. The number of aromatic nitrogens is 2. The van der Waals surface area contributed by atoms with Gasteiger partial charge < -0.3 is 9.94 Å². The van der Waals surface area contributed by atoms with E-state index in [4.69, 9.17) is 4.74 Å². The molecular weight excluding hydrogens is 409 g/mol. The number of hydrogen-bond donors (Lipinski definition) is 0. The third-order valence-corrected chi connectivity index (χ3v) is 5.92. The molecular formula is C18H21F3N4O3S. The minimum atomic E-state index is -4.50. The van der Waals surface area contributed by atoms with Gasteiger partial charge in [-0.2, -0.15) is 13.2 Å². The molecule has 0 radical (unpaired) electrons. The first-order valence-electron chi connectivity index (χ1n) is 8.81. The molecule has 1 aliphatic rings. The Morgan fingerprint density at radius 1 is 1.24 bits per heavy atom. The van der Waals surface area contributed by atoms with E-state index in [1.165, 1.54) is 0 Å². The van der Waals surface area contributed by atoms with E-state index in [1.54, 1.807) is 11.9 Å². The van der Waals surface area contributed by atoms with Gasteiger partial charge in [0.15, 0.2) is 0 Å². The summed E-state index contributed by atoms with van der Waals surface area (Å²) in [6.07, 6.45) is -5.60. The van der Waals surface area contributed by atoms with E-state index in [1.807, 2.05) is 20.8 Å². The van der Waals surface area contributed by atoms with Crippen molar-refractivity contribution in [1.29, 1.82) is 0 Å². The van der Waals surface area contributed by atoms with Gasteiger partial charge in [0.25, 0.3) is 6.23 Å². The minimum absolute atomic E-state index is 0.0176. The predicted octanol–water partition coefficient (Wildman–Crippen LogP) is 3.75. The zero-order valence-electron chi connectivity index (χ0n) is 16.4. The van der Waals surface area contributed by atoms with E-state index < -0.39 is 28.6 Å². The van der Waals surface area contributed by atoms with E-state index in [0.29, 0.717) is 5.01 Å². The van der Waals surface area contributed by atoms with Crippen LogP contribution in [0.3, 0.4) is 0 Å². The highest BCUT2D eigenvalue weighted by molar-refractivity contribution is 7.15. The van der Waals surface area contributed by atoms with Gasteiger partial charge in [0.1, 0.15) is 11.7 Å². The number of carbonyl (C=O) groups is 1. The Kier molecular flexibility index (Phi) is 5.45. The van der Waals surface area contributed by atoms with Gasteiger partial charge in [-0.15, -0.1) is 5.10 Å². The van der Waals surface area contributed by atoms with Gasteiger partial charge in [0.2, 0.25) is 0 Å². The van der Waals surface area contributed by atoms with Crippen LogP contribution in [0.4, 0.5) is 18.3 Å². The minimum Gasteiger partial charge on any atom is -0.622 e. The second-order valence-electron chi connectivity index (χ2n) is 8.05. The van der Waals surface area contributed by atoms with Crippen molar-refractivity contribution in [3.05, 3.63) is 45.6 Å². The van der Waals surface area contributed by atoms with Crippen LogP contribution < -0.4 is 4.65 Å². The summed E-state index contributed by atoms with van der Waals surface area (Å²) in [5.41, 5.74) is -1.22. The fraction of sp³-hybridized carbons (Fsp3) is 0.500. The molecule has 0 bridgehead atoms. The second-order valence-corrected chi connectivity index (χ2v) is 9.01. The molecule has 2 heterocycles. The molecule has 1 fully saturated rings. The standard InChI is InChI=1S/C18H21F3N4O3S/c1-17(2,3)15-22-23-16(29-15)25(27)10-24(4)9-13(25)28-14(26)11-5-7-12(8-6-11)18(19,20)21/h5-8,13H,9-10H2,1-4H3. The highest BCUT2D eigenvalue weighted by Gasteiger charge is 2.46. The van der Waals surface area contributed by atoms with E-state index in [9.17, 15) is 23.2 Å². The normalized spacial score (nSPS) is 23.4. The summed E-state index contributed by atoms with van der Waals surface area (Å²) < 4.78 is 42.5. The van der Waals surface area contributed by atoms with Crippen LogP contribution in [0.25, 0.3) is 0 Å². The van der Waals surface area contributed by atoms with Gasteiger partial charge in [-0.25, -0.2) is 9.69 Å². The average Bonchev–Trinajstić information content (AvgIpc) is 3.20. The van der Waals surface area contributed by atoms with Gasteiger partial charge in [-0.1, -0.05) is 25.9 Å². The van der Waals surface area contributed by atoms with Gasteiger partial charge in [0, 0.05) is 5.41 Å². The lowest BCUT2D eigenvalue weighted by atomic mass is 9.98. The summed E-state index contributed by atoms with van der Waals surface area (Å²) in [7, 11) is 1.71. The number of carbonyl (C=O) groups excluding carboxylic acids is 1. The fourth-order valence-corrected chi connectivity index (χ4v) is 3.84. The van der Waals surface area contributed by atoms with Crippen molar-refractivity contribution in [2.75, 3.05) is 20.3 Å². The summed E-state index contributed by atoms with van der Waals surface area (Å²) in [5.74, 6) is -0.863. The number of alkyl halides is 3. The number of rotatable bonds is 3. The van der Waals surface area contributed by atoms with Gasteiger partial charge in [-0.05, 0) is 42.6 Å². The Labute approximate surface area is 169 Å². The van der Waals surface area contributed by atoms with Crippen LogP contribution in [0, 0.1) is 5.21 Å². The van der Waals surface area contributed by atoms with Crippen LogP contribution >= 0.6 is 11.3 Å². The summed E-state index contributed by atoms with van der Waals surface area (Å²) >= 11 is 1.16. The van der Waals surface area contributed by atoms with E-state index >= 15 is 0 Å². The number of hydrogen-bond acceptors (Lipinski definition) is 7. The quantitative estimate of drug-likeness (QED) is 0.419. The third kappa shape index (κ3) is 4.42. The number of halogens is 3. The summed E-state index contributed by atoms with van der Waals surface area (Å²) in [5, 5.41) is 22.5. The van der Waals surface area contributed by atoms with Gasteiger partial charge in [0.05, 0.1) is 17.7 Å². The molecule has 2 unspecified atom stereocenters. The average molecular weight is 430 g/mol.